The second-order valence-electron chi connectivity index (χ2n) is 5.90. The van der Waals surface area contributed by atoms with Crippen molar-refractivity contribution >= 4 is 38.2 Å². The minimum absolute atomic E-state index is 0.119. The number of methoxy groups -OCH3 is 1. The van der Waals surface area contributed by atoms with Crippen LogP contribution in [-0.4, -0.2) is 30.8 Å². The Labute approximate surface area is 133 Å². The predicted molar refractivity (Wildman–Crippen MR) is 90.7 cm³/mol. The second-order valence-corrected chi connectivity index (χ2v) is 6.82. The third-order valence-corrected chi connectivity index (χ3v) is 4.79. The van der Waals surface area contributed by atoms with Crippen molar-refractivity contribution in [1.29, 1.82) is 0 Å². The molecule has 4 nitrogen and oxygen atoms in total. The van der Waals surface area contributed by atoms with E-state index in [1.165, 1.54) is 0 Å². The average Bonchev–Trinajstić information content (AvgIpc) is 2.47. The Bertz CT molecular complexity index is 671. The maximum Gasteiger partial charge on any atom is 0.0825 e. The molecule has 0 bridgehead atoms. The van der Waals surface area contributed by atoms with Gasteiger partial charge in [-0.3, -0.25) is 4.98 Å². The molecule has 0 saturated carbocycles. The minimum atomic E-state index is -0.119. The molecule has 5 heteroatoms. The number of hydrogen-bond donors (Lipinski definition) is 1. The Morgan fingerprint density at radius 2 is 2.24 bits per heavy atom. The normalized spacial score (nSPS) is 22.7. The van der Waals surface area contributed by atoms with Crippen LogP contribution in [0.15, 0.2) is 28.9 Å². The first-order valence-corrected chi connectivity index (χ1v) is 7.95. The van der Waals surface area contributed by atoms with Gasteiger partial charge in [-0.1, -0.05) is 15.9 Å². The first-order valence-electron chi connectivity index (χ1n) is 7.16. The van der Waals surface area contributed by atoms with E-state index in [9.17, 15) is 0 Å². The van der Waals surface area contributed by atoms with Gasteiger partial charge in [0.2, 0.25) is 0 Å². The lowest BCUT2D eigenvalue weighted by Crippen LogP contribution is -2.47. The Balaban J connectivity index is 2.10. The average molecular weight is 350 g/mol. The van der Waals surface area contributed by atoms with E-state index in [2.05, 4.69) is 38.8 Å². The summed E-state index contributed by atoms with van der Waals surface area (Å²) in [4.78, 5) is 6.76. The van der Waals surface area contributed by atoms with Crippen LogP contribution in [0.5, 0.6) is 0 Å². The Morgan fingerprint density at radius 1 is 1.43 bits per heavy atom. The number of fused-ring (bicyclic) bond motifs is 1. The zero-order valence-corrected chi connectivity index (χ0v) is 14.0. The van der Waals surface area contributed by atoms with Crippen molar-refractivity contribution in [2.24, 2.45) is 0 Å². The van der Waals surface area contributed by atoms with Crippen molar-refractivity contribution in [1.82, 2.24) is 4.98 Å². The lowest BCUT2D eigenvalue weighted by Gasteiger charge is -2.41. The monoisotopic (exact) mass is 349 g/mol. The minimum Gasteiger partial charge on any atom is -0.396 e. The summed E-state index contributed by atoms with van der Waals surface area (Å²) in [6.07, 6.45) is 3.93. The van der Waals surface area contributed by atoms with Gasteiger partial charge in [-0.05, 0) is 38.0 Å². The van der Waals surface area contributed by atoms with Crippen LogP contribution in [0.4, 0.5) is 11.4 Å². The van der Waals surface area contributed by atoms with Gasteiger partial charge < -0.3 is 15.4 Å². The Morgan fingerprint density at radius 3 is 3.00 bits per heavy atom. The first kappa shape index (κ1) is 14.6. The molecule has 112 valence electrons. The highest BCUT2D eigenvalue weighted by atomic mass is 79.9. The lowest BCUT2D eigenvalue weighted by molar-refractivity contribution is -0.00456. The van der Waals surface area contributed by atoms with Crippen LogP contribution in [0.2, 0.25) is 0 Å². The van der Waals surface area contributed by atoms with Gasteiger partial charge in [-0.15, -0.1) is 0 Å². The molecular weight excluding hydrogens is 330 g/mol. The molecule has 0 amide bonds. The highest BCUT2D eigenvalue weighted by molar-refractivity contribution is 9.10. The maximum atomic E-state index is 6.24. The number of halogens is 1. The summed E-state index contributed by atoms with van der Waals surface area (Å²) in [5.41, 5.74) is 8.88. The van der Waals surface area contributed by atoms with Crippen LogP contribution < -0.4 is 10.6 Å². The molecule has 1 unspecified atom stereocenters. The molecule has 0 aliphatic carbocycles. The Hall–Kier alpha value is -1.33. The van der Waals surface area contributed by atoms with Gasteiger partial charge in [-0.25, -0.2) is 0 Å². The van der Waals surface area contributed by atoms with E-state index in [1.54, 1.807) is 13.3 Å². The van der Waals surface area contributed by atoms with Crippen LogP contribution in [0.3, 0.4) is 0 Å². The van der Waals surface area contributed by atoms with Crippen LogP contribution in [-0.2, 0) is 4.74 Å². The highest BCUT2D eigenvalue weighted by Crippen LogP contribution is 2.36. The van der Waals surface area contributed by atoms with E-state index in [0.717, 1.165) is 52.7 Å². The summed E-state index contributed by atoms with van der Waals surface area (Å²) in [7, 11) is 1.79. The van der Waals surface area contributed by atoms with E-state index in [0.29, 0.717) is 0 Å². The first-order chi connectivity index (χ1) is 10.0. The molecule has 1 aliphatic rings. The van der Waals surface area contributed by atoms with Crippen LogP contribution in [0.1, 0.15) is 19.8 Å². The number of pyridine rings is 1. The third-order valence-electron chi connectivity index (χ3n) is 4.30. The van der Waals surface area contributed by atoms with Crippen LogP contribution in [0, 0.1) is 0 Å². The summed E-state index contributed by atoms with van der Waals surface area (Å²) in [6, 6.07) is 6.11. The molecule has 1 saturated heterocycles. The largest absolute Gasteiger partial charge is 0.396 e. The molecule has 21 heavy (non-hydrogen) atoms. The number of hydrogen-bond acceptors (Lipinski definition) is 4. The van der Waals surface area contributed by atoms with E-state index < -0.39 is 0 Å². The second kappa shape index (κ2) is 5.46. The number of nitrogens with zero attached hydrogens (tertiary/aromatic N) is 2. The number of piperidine rings is 1. The number of aromatic nitrogens is 1. The van der Waals surface area contributed by atoms with Gasteiger partial charge in [0.1, 0.15) is 0 Å². The quantitative estimate of drug-likeness (QED) is 0.899. The fourth-order valence-electron chi connectivity index (χ4n) is 3.08. The number of benzene rings is 1. The standard InChI is InChI=1S/C16H20BrN3O/c1-16(21-2)6-3-7-20(10-16)15-12-8-11(17)4-5-14(12)19-9-13(15)18/h4-5,8-9H,3,6-7,10,18H2,1-2H3. The van der Waals surface area contributed by atoms with E-state index in [-0.39, 0.29) is 5.60 Å². The molecule has 2 N–H and O–H groups in total. The molecule has 2 heterocycles. The zero-order chi connectivity index (χ0) is 15.0. The molecule has 1 aliphatic heterocycles. The molecule has 3 rings (SSSR count). The van der Waals surface area contributed by atoms with Gasteiger partial charge in [0, 0.05) is 30.1 Å². The van der Waals surface area contributed by atoms with Crippen molar-refractivity contribution < 1.29 is 4.74 Å². The molecule has 1 atom stereocenters. The van der Waals surface area contributed by atoms with Gasteiger partial charge in [0.25, 0.3) is 0 Å². The van der Waals surface area contributed by atoms with Gasteiger partial charge in [0.05, 0.1) is 28.7 Å². The fraction of sp³-hybridized carbons (Fsp3) is 0.438. The van der Waals surface area contributed by atoms with Crippen LogP contribution >= 0.6 is 15.9 Å². The zero-order valence-electron chi connectivity index (χ0n) is 12.4. The van der Waals surface area contributed by atoms with Gasteiger partial charge in [0.15, 0.2) is 0 Å². The maximum absolute atomic E-state index is 6.24. The molecule has 1 aromatic heterocycles. The van der Waals surface area contributed by atoms with E-state index in [4.69, 9.17) is 10.5 Å². The molecular formula is C16H20BrN3O. The number of nitrogen functional groups attached to an aromatic ring is 1. The highest BCUT2D eigenvalue weighted by Gasteiger charge is 2.32. The molecule has 0 radical (unpaired) electrons. The van der Waals surface area contributed by atoms with Crippen molar-refractivity contribution in [2.75, 3.05) is 30.8 Å². The van der Waals surface area contributed by atoms with Crippen molar-refractivity contribution in [3.05, 3.63) is 28.9 Å². The number of anilines is 2. The molecule has 2 aromatic rings. The van der Waals surface area contributed by atoms with Crippen LogP contribution in [0.25, 0.3) is 10.9 Å². The van der Waals surface area contributed by atoms with Crippen molar-refractivity contribution in [3.63, 3.8) is 0 Å². The number of ether oxygens (including phenoxy) is 1. The summed E-state index contributed by atoms with van der Waals surface area (Å²) < 4.78 is 6.74. The van der Waals surface area contributed by atoms with E-state index >= 15 is 0 Å². The summed E-state index contributed by atoms with van der Waals surface area (Å²) in [6.45, 7) is 4.00. The number of nitrogens with two attached hydrogens (primary N) is 1. The van der Waals surface area contributed by atoms with Crippen molar-refractivity contribution in [2.45, 2.75) is 25.4 Å². The molecule has 0 spiro atoms. The SMILES string of the molecule is COC1(C)CCCN(c2c(N)cnc3ccc(Br)cc23)C1. The molecule has 1 fully saturated rings. The summed E-state index contributed by atoms with van der Waals surface area (Å²) in [5, 5.41) is 1.09. The lowest BCUT2D eigenvalue weighted by atomic mass is 9.94. The van der Waals surface area contributed by atoms with Gasteiger partial charge >= 0.3 is 0 Å². The van der Waals surface area contributed by atoms with Gasteiger partial charge in [-0.2, -0.15) is 0 Å². The smallest absolute Gasteiger partial charge is 0.0825 e. The Kier molecular flexibility index (Phi) is 3.80. The van der Waals surface area contributed by atoms with Crippen molar-refractivity contribution in [3.8, 4) is 0 Å². The summed E-state index contributed by atoms with van der Waals surface area (Å²) in [5.74, 6) is 0. The van der Waals surface area contributed by atoms with E-state index in [1.807, 2.05) is 12.1 Å². The predicted octanol–water partition coefficient (Wildman–Crippen LogP) is 3.58. The molecule has 1 aromatic carbocycles. The summed E-state index contributed by atoms with van der Waals surface area (Å²) >= 11 is 3.54. The third kappa shape index (κ3) is 2.72. The number of rotatable bonds is 2. The fourth-order valence-corrected chi connectivity index (χ4v) is 3.44. The topological polar surface area (TPSA) is 51.4 Å².